The summed E-state index contributed by atoms with van der Waals surface area (Å²) in [4.78, 5) is 29.8. The number of para-hydroxylation sites is 1. The maximum Gasteiger partial charge on any atom is 0.471 e. The zero-order valence-electron chi connectivity index (χ0n) is 13.9. The van der Waals surface area contributed by atoms with E-state index in [0.29, 0.717) is 22.8 Å². The standard InChI is InChI=1S/C16H16F3N3O4/c1-25-12-6-4-3-5-10(12)13-20-8-9(21-13)7-11(14(23)26-2)22-15(24)16(17,18)19/h3-6,8,11H,7H2,1-2H3,(H,20,21)(H,22,24)/t11-/m0/s1. The van der Waals surface area contributed by atoms with Gasteiger partial charge in [0, 0.05) is 18.3 Å². The summed E-state index contributed by atoms with van der Waals surface area (Å²) in [6.45, 7) is 0. The number of amides is 1. The van der Waals surface area contributed by atoms with Gasteiger partial charge < -0.3 is 19.8 Å². The molecule has 140 valence electrons. The minimum absolute atomic E-state index is 0.253. The lowest BCUT2D eigenvalue weighted by molar-refractivity contribution is -0.175. The Kier molecular flexibility index (Phi) is 5.86. The second kappa shape index (κ2) is 7.89. The van der Waals surface area contributed by atoms with E-state index >= 15 is 0 Å². The van der Waals surface area contributed by atoms with Crippen LogP contribution in [0.5, 0.6) is 5.75 Å². The quantitative estimate of drug-likeness (QED) is 0.756. The molecule has 1 aromatic carbocycles. The average Bonchev–Trinajstić information content (AvgIpc) is 3.07. The Morgan fingerprint density at radius 3 is 2.58 bits per heavy atom. The Hall–Kier alpha value is -3.04. The van der Waals surface area contributed by atoms with Gasteiger partial charge in [-0.25, -0.2) is 9.78 Å². The number of nitrogens with zero attached hydrogens (tertiary/aromatic N) is 1. The molecule has 0 saturated carbocycles. The number of halogens is 3. The molecular weight excluding hydrogens is 355 g/mol. The minimum Gasteiger partial charge on any atom is -0.496 e. The molecule has 0 aliphatic rings. The number of hydrogen-bond donors (Lipinski definition) is 2. The lowest BCUT2D eigenvalue weighted by atomic mass is 10.1. The maximum absolute atomic E-state index is 12.4. The summed E-state index contributed by atoms with van der Waals surface area (Å²) >= 11 is 0. The molecule has 1 aromatic heterocycles. The Morgan fingerprint density at radius 2 is 1.96 bits per heavy atom. The molecule has 1 amide bonds. The number of methoxy groups -OCH3 is 2. The van der Waals surface area contributed by atoms with E-state index in [1.54, 1.807) is 29.6 Å². The second-order valence-electron chi connectivity index (χ2n) is 5.21. The van der Waals surface area contributed by atoms with Gasteiger partial charge >= 0.3 is 18.1 Å². The van der Waals surface area contributed by atoms with E-state index in [-0.39, 0.29) is 6.42 Å². The summed E-state index contributed by atoms with van der Waals surface area (Å²) in [6, 6.07) is 5.48. The molecule has 2 aromatic rings. The number of aromatic nitrogens is 2. The van der Waals surface area contributed by atoms with Crippen molar-refractivity contribution < 1.29 is 32.2 Å². The van der Waals surface area contributed by atoms with Crippen LogP contribution in [-0.2, 0) is 20.7 Å². The predicted molar refractivity (Wildman–Crippen MR) is 84.3 cm³/mol. The Morgan fingerprint density at radius 1 is 1.27 bits per heavy atom. The van der Waals surface area contributed by atoms with Gasteiger partial charge in [-0.15, -0.1) is 0 Å². The summed E-state index contributed by atoms with van der Waals surface area (Å²) in [5.41, 5.74) is 0.971. The van der Waals surface area contributed by atoms with Crippen LogP contribution in [0.15, 0.2) is 30.5 Å². The van der Waals surface area contributed by atoms with Crippen LogP contribution >= 0.6 is 0 Å². The van der Waals surface area contributed by atoms with Crippen molar-refractivity contribution in [2.45, 2.75) is 18.6 Å². The van der Waals surface area contributed by atoms with Gasteiger partial charge in [0.1, 0.15) is 17.6 Å². The second-order valence-corrected chi connectivity index (χ2v) is 5.21. The van der Waals surface area contributed by atoms with Crippen molar-refractivity contribution in [3.63, 3.8) is 0 Å². The van der Waals surface area contributed by atoms with Crippen molar-refractivity contribution in [2.75, 3.05) is 14.2 Å². The molecule has 1 atom stereocenters. The first-order valence-electron chi connectivity index (χ1n) is 7.39. The number of carbonyl (C=O) groups excluding carboxylic acids is 2. The van der Waals surface area contributed by atoms with Gasteiger partial charge in [-0.3, -0.25) is 4.79 Å². The first kappa shape index (κ1) is 19.3. The van der Waals surface area contributed by atoms with Gasteiger partial charge in [0.05, 0.1) is 19.8 Å². The Balaban J connectivity index is 2.20. The molecule has 2 rings (SSSR count). The first-order chi connectivity index (χ1) is 12.3. The molecule has 26 heavy (non-hydrogen) atoms. The monoisotopic (exact) mass is 371 g/mol. The molecule has 0 fully saturated rings. The zero-order valence-corrected chi connectivity index (χ0v) is 13.9. The highest BCUT2D eigenvalue weighted by atomic mass is 19.4. The number of nitrogens with one attached hydrogen (secondary N) is 2. The van der Waals surface area contributed by atoms with Crippen LogP contribution < -0.4 is 10.1 Å². The number of hydrogen-bond acceptors (Lipinski definition) is 5. The van der Waals surface area contributed by atoms with Crippen LogP contribution in [0.1, 0.15) is 5.69 Å². The molecule has 0 aliphatic carbocycles. The van der Waals surface area contributed by atoms with E-state index in [9.17, 15) is 22.8 Å². The Bertz CT molecular complexity index is 789. The number of alkyl halides is 3. The average molecular weight is 371 g/mol. The predicted octanol–water partition coefficient (Wildman–Crippen LogP) is 1.85. The van der Waals surface area contributed by atoms with Gasteiger partial charge in [0.2, 0.25) is 0 Å². The third-order valence-corrected chi connectivity index (χ3v) is 3.46. The van der Waals surface area contributed by atoms with Crippen molar-refractivity contribution in [2.24, 2.45) is 0 Å². The highest BCUT2D eigenvalue weighted by molar-refractivity contribution is 5.87. The van der Waals surface area contributed by atoms with E-state index in [4.69, 9.17) is 4.74 Å². The third-order valence-electron chi connectivity index (χ3n) is 3.46. The van der Waals surface area contributed by atoms with Crippen molar-refractivity contribution in [1.82, 2.24) is 15.3 Å². The summed E-state index contributed by atoms with van der Waals surface area (Å²) in [7, 11) is 2.50. The van der Waals surface area contributed by atoms with E-state index in [0.717, 1.165) is 7.11 Å². The van der Waals surface area contributed by atoms with Crippen LogP contribution in [0.25, 0.3) is 11.4 Å². The van der Waals surface area contributed by atoms with Crippen LogP contribution in [0, 0.1) is 0 Å². The fourth-order valence-corrected chi connectivity index (χ4v) is 2.24. The molecule has 2 N–H and O–H groups in total. The zero-order chi connectivity index (χ0) is 19.3. The SMILES string of the molecule is COC(=O)[C@H](Cc1cnc(-c2ccccc2OC)[nH]1)NC(=O)C(F)(F)F. The van der Waals surface area contributed by atoms with Gasteiger partial charge in [0.15, 0.2) is 0 Å². The molecule has 0 bridgehead atoms. The molecule has 0 saturated heterocycles. The molecule has 0 aliphatic heterocycles. The molecule has 0 unspecified atom stereocenters. The number of imidazole rings is 1. The van der Waals surface area contributed by atoms with Crippen LogP contribution in [0.4, 0.5) is 13.2 Å². The number of esters is 1. The summed E-state index contributed by atoms with van der Waals surface area (Å²) < 4.78 is 46.9. The lowest BCUT2D eigenvalue weighted by Crippen LogP contribution is -2.48. The van der Waals surface area contributed by atoms with E-state index in [1.165, 1.54) is 13.3 Å². The summed E-state index contributed by atoms with van der Waals surface area (Å²) in [5.74, 6) is -2.28. The molecule has 0 radical (unpaired) electrons. The van der Waals surface area contributed by atoms with Crippen molar-refractivity contribution in [3.05, 3.63) is 36.2 Å². The normalized spacial score (nSPS) is 12.3. The number of H-pyrrole nitrogens is 1. The van der Waals surface area contributed by atoms with E-state index in [1.807, 2.05) is 0 Å². The van der Waals surface area contributed by atoms with Crippen LogP contribution in [-0.4, -0.2) is 48.3 Å². The van der Waals surface area contributed by atoms with Crippen LogP contribution in [0.2, 0.25) is 0 Å². The minimum atomic E-state index is -5.11. The van der Waals surface area contributed by atoms with Gasteiger partial charge in [-0.2, -0.15) is 13.2 Å². The number of aromatic amines is 1. The number of carbonyl (C=O) groups is 2. The maximum atomic E-state index is 12.4. The van der Waals surface area contributed by atoms with Crippen molar-refractivity contribution in [3.8, 4) is 17.1 Å². The summed E-state index contributed by atoms with van der Waals surface area (Å²) in [6.07, 6.45) is -4.00. The smallest absolute Gasteiger partial charge is 0.471 e. The van der Waals surface area contributed by atoms with Gasteiger partial charge in [0.25, 0.3) is 0 Å². The fraction of sp³-hybridized carbons (Fsp3) is 0.312. The topological polar surface area (TPSA) is 93.3 Å². The highest BCUT2D eigenvalue weighted by Gasteiger charge is 2.41. The van der Waals surface area contributed by atoms with Crippen molar-refractivity contribution >= 4 is 11.9 Å². The van der Waals surface area contributed by atoms with E-state index < -0.39 is 24.1 Å². The molecule has 7 nitrogen and oxygen atoms in total. The Labute approximate surface area is 146 Å². The molecule has 0 spiro atoms. The van der Waals surface area contributed by atoms with E-state index in [2.05, 4.69) is 14.7 Å². The molecule has 1 heterocycles. The molecule has 10 heteroatoms. The largest absolute Gasteiger partial charge is 0.496 e. The molecular formula is C16H16F3N3O4. The van der Waals surface area contributed by atoms with Crippen LogP contribution in [0.3, 0.4) is 0 Å². The number of benzene rings is 1. The fourth-order valence-electron chi connectivity index (χ4n) is 2.24. The number of rotatable bonds is 6. The first-order valence-corrected chi connectivity index (χ1v) is 7.39. The highest BCUT2D eigenvalue weighted by Crippen LogP contribution is 2.27. The van der Waals surface area contributed by atoms with Gasteiger partial charge in [-0.05, 0) is 12.1 Å². The lowest BCUT2D eigenvalue weighted by Gasteiger charge is -2.16. The van der Waals surface area contributed by atoms with Gasteiger partial charge in [-0.1, -0.05) is 12.1 Å². The number of ether oxygens (including phenoxy) is 2. The summed E-state index contributed by atoms with van der Waals surface area (Å²) in [5, 5.41) is 1.62. The third kappa shape index (κ3) is 4.52. The van der Waals surface area contributed by atoms with Crippen molar-refractivity contribution in [1.29, 1.82) is 0 Å².